The maximum absolute atomic E-state index is 6.65. The molecule has 3 nitrogen and oxygen atoms in total. The molecule has 3 atom stereocenters. The Balaban J connectivity index is 1.69. The van der Waals surface area contributed by atoms with Gasteiger partial charge in [0.25, 0.3) is 0 Å². The normalized spacial score (nSPS) is 20.8. The summed E-state index contributed by atoms with van der Waals surface area (Å²) in [5.74, 6) is 2.15. The van der Waals surface area contributed by atoms with Gasteiger partial charge < -0.3 is 4.74 Å². The first-order valence-corrected chi connectivity index (χ1v) is 13.7. The molecule has 1 aliphatic rings. The van der Waals surface area contributed by atoms with Gasteiger partial charge in [0.2, 0.25) is 6.33 Å². The Morgan fingerprint density at radius 2 is 1.49 bits per heavy atom. The van der Waals surface area contributed by atoms with Crippen molar-refractivity contribution in [1.82, 2.24) is 4.57 Å². The minimum absolute atomic E-state index is 0.348. The molecule has 1 heterocycles. The van der Waals surface area contributed by atoms with E-state index in [9.17, 15) is 0 Å². The lowest BCUT2D eigenvalue weighted by Crippen LogP contribution is -2.35. The van der Waals surface area contributed by atoms with Crippen LogP contribution in [0.1, 0.15) is 84.5 Å². The third-order valence-corrected chi connectivity index (χ3v) is 9.51. The van der Waals surface area contributed by atoms with Crippen LogP contribution in [0.5, 0.6) is 0 Å². The summed E-state index contributed by atoms with van der Waals surface area (Å²) >= 11 is 0. The second kappa shape index (κ2) is 10.1. The quantitative estimate of drug-likeness (QED) is 0.336. The molecule has 0 bridgehead atoms. The van der Waals surface area contributed by atoms with Crippen LogP contribution in [0.2, 0.25) is 0 Å². The van der Waals surface area contributed by atoms with Gasteiger partial charge in [-0.2, -0.15) is 0 Å². The first kappa shape index (κ1) is 25.9. The smallest absolute Gasteiger partial charge is 0.246 e. The molecule has 4 rings (SSSR count). The Kier molecular flexibility index (Phi) is 7.48. The number of fused-ring (bicyclic) bond motifs is 1. The Bertz CT molecular complexity index is 1200. The summed E-state index contributed by atoms with van der Waals surface area (Å²) in [6.45, 7) is 24.4. The van der Waals surface area contributed by atoms with Gasteiger partial charge >= 0.3 is 0 Å². The fraction of sp³-hybridized carbons (Fsp3) is 0.594. The largest absolute Gasteiger partial charge is 0.338 e. The summed E-state index contributed by atoms with van der Waals surface area (Å²) in [4.78, 5) is 0. The highest BCUT2D eigenvalue weighted by molar-refractivity contribution is 5.74. The van der Waals surface area contributed by atoms with E-state index in [4.69, 9.17) is 4.74 Å². The summed E-state index contributed by atoms with van der Waals surface area (Å²) in [7, 11) is 0. The van der Waals surface area contributed by atoms with E-state index in [0.717, 1.165) is 18.4 Å². The standard InChI is InChI=1S/C32H47N2O/c1-19(2)28-12-11-20(3)32(15-28)35-18-34-17-33(30-13-21(4)22(5)14-31(30)34)16-29-26(9)24(7)23(6)25(8)27(29)10/h13-14,17,19-20,28,32H,11-12,15-16,18H2,1-10H3/q+1/t20-,28+,32-/m0/s1. The molecular weight excluding hydrogens is 428 g/mol. The molecule has 1 saturated carbocycles. The summed E-state index contributed by atoms with van der Waals surface area (Å²) in [5.41, 5.74) is 13.8. The van der Waals surface area contributed by atoms with Crippen LogP contribution in [0.3, 0.4) is 0 Å². The van der Waals surface area contributed by atoms with Crippen molar-refractivity contribution in [2.75, 3.05) is 0 Å². The lowest BCUT2D eigenvalue weighted by molar-refractivity contribution is -0.663. The van der Waals surface area contributed by atoms with Gasteiger partial charge in [-0.1, -0.05) is 20.8 Å². The number of hydrogen-bond donors (Lipinski definition) is 0. The number of rotatable bonds is 6. The number of nitrogens with zero attached hydrogens (tertiary/aromatic N) is 2. The van der Waals surface area contributed by atoms with E-state index in [1.165, 1.54) is 74.8 Å². The van der Waals surface area contributed by atoms with Gasteiger partial charge in [0.05, 0.1) is 6.10 Å². The topological polar surface area (TPSA) is 18.0 Å². The number of hydrogen-bond acceptors (Lipinski definition) is 1. The molecule has 2 aromatic carbocycles. The molecule has 0 N–H and O–H groups in total. The predicted octanol–water partition coefficient (Wildman–Crippen LogP) is 7.57. The Labute approximate surface area is 213 Å². The van der Waals surface area contributed by atoms with E-state index in [1.54, 1.807) is 0 Å². The molecule has 1 aromatic heterocycles. The average molecular weight is 476 g/mol. The van der Waals surface area contributed by atoms with E-state index in [0.29, 0.717) is 18.8 Å². The first-order chi connectivity index (χ1) is 16.5. The molecule has 3 aromatic rings. The highest BCUT2D eigenvalue weighted by Gasteiger charge is 2.31. The van der Waals surface area contributed by atoms with Crippen LogP contribution in [-0.2, 0) is 18.0 Å². The van der Waals surface area contributed by atoms with Crippen molar-refractivity contribution in [2.45, 2.75) is 108 Å². The van der Waals surface area contributed by atoms with Crippen molar-refractivity contribution >= 4 is 11.0 Å². The Morgan fingerprint density at radius 3 is 2.11 bits per heavy atom. The van der Waals surface area contributed by atoms with Crippen molar-refractivity contribution in [3.63, 3.8) is 0 Å². The molecule has 35 heavy (non-hydrogen) atoms. The molecule has 190 valence electrons. The van der Waals surface area contributed by atoms with E-state index in [2.05, 4.69) is 96.8 Å². The van der Waals surface area contributed by atoms with Crippen molar-refractivity contribution in [1.29, 1.82) is 0 Å². The second-order valence-corrected chi connectivity index (χ2v) is 11.9. The third kappa shape index (κ3) is 4.94. The van der Waals surface area contributed by atoms with Crippen molar-refractivity contribution in [2.24, 2.45) is 17.8 Å². The Hall–Kier alpha value is -2.13. The fourth-order valence-corrected chi connectivity index (χ4v) is 6.08. The van der Waals surface area contributed by atoms with Gasteiger partial charge in [-0.3, -0.25) is 0 Å². The van der Waals surface area contributed by atoms with Gasteiger partial charge in [0.1, 0.15) is 6.54 Å². The summed E-state index contributed by atoms with van der Waals surface area (Å²) < 4.78 is 11.4. The molecule has 1 fully saturated rings. The summed E-state index contributed by atoms with van der Waals surface area (Å²) in [6, 6.07) is 4.70. The van der Waals surface area contributed by atoms with Gasteiger partial charge in [-0.25, -0.2) is 9.13 Å². The molecule has 1 aliphatic carbocycles. The SMILES string of the molecule is Cc1cc2c(cc1C)[n+](Cc1c(C)c(C)c(C)c(C)c1C)cn2CO[C@H]1C[C@H](C(C)C)CC[C@@H]1C. The van der Waals surface area contributed by atoms with E-state index < -0.39 is 0 Å². The zero-order chi connectivity index (χ0) is 25.6. The van der Waals surface area contributed by atoms with Crippen LogP contribution in [-0.4, -0.2) is 10.7 Å². The van der Waals surface area contributed by atoms with Crippen LogP contribution < -0.4 is 4.57 Å². The van der Waals surface area contributed by atoms with Gasteiger partial charge in [-0.15, -0.1) is 0 Å². The predicted molar refractivity (Wildman–Crippen MR) is 147 cm³/mol. The number of aryl methyl sites for hydroxylation is 2. The zero-order valence-corrected chi connectivity index (χ0v) is 23.9. The van der Waals surface area contributed by atoms with E-state index in [1.807, 2.05) is 0 Å². The average Bonchev–Trinajstić information content (AvgIpc) is 3.14. The summed E-state index contributed by atoms with van der Waals surface area (Å²) in [6.07, 6.45) is 6.46. The molecule has 0 spiro atoms. The molecule has 0 saturated heterocycles. The van der Waals surface area contributed by atoms with Gasteiger partial charge in [0, 0.05) is 0 Å². The zero-order valence-electron chi connectivity index (χ0n) is 23.9. The maximum Gasteiger partial charge on any atom is 0.246 e. The fourth-order valence-electron chi connectivity index (χ4n) is 6.08. The molecule has 3 heteroatoms. The molecule has 0 unspecified atom stereocenters. The second-order valence-electron chi connectivity index (χ2n) is 11.9. The number of aromatic nitrogens is 2. The molecule has 0 aliphatic heterocycles. The molecular formula is C32H47N2O+. The van der Waals surface area contributed by atoms with Crippen LogP contribution in [0.25, 0.3) is 11.0 Å². The lowest BCUT2D eigenvalue weighted by atomic mass is 9.76. The highest BCUT2D eigenvalue weighted by atomic mass is 16.5. The third-order valence-electron chi connectivity index (χ3n) is 9.51. The Morgan fingerprint density at radius 1 is 0.886 bits per heavy atom. The minimum atomic E-state index is 0.348. The van der Waals surface area contributed by atoms with Crippen LogP contribution >= 0.6 is 0 Å². The van der Waals surface area contributed by atoms with Crippen molar-refractivity contribution in [3.05, 3.63) is 63.0 Å². The van der Waals surface area contributed by atoms with Crippen molar-refractivity contribution < 1.29 is 9.30 Å². The highest BCUT2D eigenvalue weighted by Crippen LogP contribution is 2.35. The number of ether oxygens (including phenoxy) is 1. The maximum atomic E-state index is 6.65. The van der Waals surface area contributed by atoms with Gasteiger partial charge in [0.15, 0.2) is 17.8 Å². The summed E-state index contributed by atoms with van der Waals surface area (Å²) in [5, 5.41) is 0. The van der Waals surface area contributed by atoms with Crippen LogP contribution in [0.15, 0.2) is 18.5 Å². The number of benzene rings is 2. The van der Waals surface area contributed by atoms with E-state index in [-0.39, 0.29) is 0 Å². The first-order valence-electron chi connectivity index (χ1n) is 13.7. The minimum Gasteiger partial charge on any atom is -0.338 e. The monoisotopic (exact) mass is 475 g/mol. The van der Waals surface area contributed by atoms with Gasteiger partial charge in [-0.05, 0) is 142 Å². The van der Waals surface area contributed by atoms with Crippen LogP contribution in [0.4, 0.5) is 0 Å². The lowest BCUT2D eigenvalue weighted by Gasteiger charge is -2.35. The van der Waals surface area contributed by atoms with E-state index >= 15 is 0 Å². The number of imidazole rings is 1. The molecule has 0 amide bonds. The molecule has 0 radical (unpaired) electrons. The van der Waals surface area contributed by atoms with Crippen LogP contribution in [0, 0.1) is 66.2 Å². The van der Waals surface area contributed by atoms with Crippen molar-refractivity contribution in [3.8, 4) is 0 Å².